The van der Waals surface area contributed by atoms with Gasteiger partial charge in [0, 0.05) is 19.5 Å². The first-order chi connectivity index (χ1) is 8.54. The highest BCUT2D eigenvalue weighted by Gasteiger charge is 2.27. The molecule has 0 aromatic heterocycles. The Morgan fingerprint density at radius 1 is 1.50 bits per heavy atom. The fraction of sp³-hybridized carbons (Fsp3) is 0.846. The number of aliphatic carboxylic acids is 1. The Hall–Kier alpha value is -1.10. The van der Waals surface area contributed by atoms with Gasteiger partial charge in [0.2, 0.25) is 5.91 Å². The van der Waals surface area contributed by atoms with Gasteiger partial charge in [-0.15, -0.1) is 0 Å². The van der Waals surface area contributed by atoms with E-state index in [-0.39, 0.29) is 18.4 Å². The summed E-state index contributed by atoms with van der Waals surface area (Å²) in [4.78, 5) is 24.5. The molecule has 2 unspecified atom stereocenters. The van der Waals surface area contributed by atoms with Crippen molar-refractivity contribution in [1.29, 1.82) is 0 Å². The van der Waals surface area contributed by atoms with Crippen molar-refractivity contribution in [3.8, 4) is 0 Å². The maximum absolute atomic E-state index is 11.8. The number of hydrogen-bond acceptors (Lipinski definition) is 3. The first-order valence-electron chi connectivity index (χ1n) is 6.78. The summed E-state index contributed by atoms with van der Waals surface area (Å²) in [6.07, 6.45) is 3.07. The van der Waals surface area contributed by atoms with Gasteiger partial charge in [-0.3, -0.25) is 14.5 Å². The van der Waals surface area contributed by atoms with Gasteiger partial charge in [0.1, 0.15) is 0 Å². The quantitative estimate of drug-likeness (QED) is 0.746. The van der Waals surface area contributed by atoms with Crippen LogP contribution in [0.1, 0.15) is 39.5 Å². The SMILES string of the molecule is CCNC(=O)C(C)N1CCCC(CCC(=O)O)C1. The van der Waals surface area contributed by atoms with Gasteiger partial charge in [-0.05, 0) is 45.6 Å². The predicted molar refractivity (Wildman–Crippen MR) is 69.3 cm³/mol. The lowest BCUT2D eigenvalue weighted by Crippen LogP contribution is -2.49. The lowest BCUT2D eigenvalue weighted by atomic mass is 9.92. The van der Waals surface area contributed by atoms with Gasteiger partial charge >= 0.3 is 5.97 Å². The Bertz CT molecular complexity index is 294. The highest BCUT2D eigenvalue weighted by atomic mass is 16.4. The number of nitrogens with zero attached hydrogens (tertiary/aromatic N) is 1. The number of carbonyl (C=O) groups excluding carboxylic acids is 1. The summed E-state index contributed by atoms with van der Waals surface area (Å²) in [6, 6.07) is -0.113. The zero-order valence-corrected chi connectivity index (χ0v) is 11.3. The number of amides is 1. The molecule has 18 heavy (non-hydrogen) atoms. The van der Waals surface area contributed by atoms with Gasteiger partial charge in [0.25, 0.3) is 0 Å². The molecule has 1 aliphatic rings. The number of nitrogens with one attached hydrogen (secondary N) is 1. The minimum Gasteiger partial charge on any atom is -0.481 e. The molecule has 0 bridgehead atoms. The van der Waals surface area contributed by atoms with Crippen molar-refractivity contribution in [2.24, 2.45) is 5.92 Å². The number of likely N-dealkylation sites (N-methyl/N-ethyl adjacent to an activating group) is 1. The van der Waals surface area contributed by atoms with Crippen LogP contribution in [-0.2, 0) is 9.59 Å². The monoisotopic (exact) mass is 256 g/mol. The van der Waals surface area contributed by atoms with Crippen LogP contribution in [0.4, 0.5) is 0 Å². The van der Waals surface area contributed by atoms with E-state index in [0.717, 1.165) is 25.9 Å². The summed E-state index contributed by atoms with van der Waals surface area (Å²) in [7, 11) is 0. The van der Waals surface area contributed by atoms with Crippen LogP contribution in [0.25, 0.3) is 0 Å². The molecule has 0 spiro atoms. The lowest BCUT2D eigenvalue weighted by Gasteiger charge is -2.36. The minimum atomic E-state index is -0.733. The Morgan fingerprint density at radius 3 is 2.83 bits per heavy atom. The molecule has 2 N–H and O–H groups in total. The second-order valence-corrected chi connectivity index (χ2v) is 5.01. The number of carbonyl (C=O) groups is 2. The van der Waals surface area contributed by atoms with E-state index in [1.807, 2.05) is 13.8 Å². The molecule has 0 saturated carbocycles. The molecule has 1 saturated heterocycles. The van der Waals surface area contributed by atoms with Gasteiger partial charge in [0.05, 0.1) is 6.04 Å². The largest absolute Gasteiger partial charge is 0.481 e. The molecule has 104 valence electrons. The number of hydrogen-bond donors (Lipinski definition) is 2. The van der Waals surface area contributed by atoms with Crippen molar-refractivity contribution in [2.45, 2.75) is 45.6 Å². The molecule has 5 heteroatoms. The molecule has 2 atom stereocenters. The van der Waals surface area contributed by atoms with Crippen molar-refractivity contribution in [2.75, 3.05) is 19.6 Å². The van der Waals surface area contributed by atoms with Gasteiger partial charge in [-0.2, -0.15) is 0 Å². The molecule has 0 radical (unpaired) electrons. The third kappa shape index (κ3) is 4.64. The molecule has 1 heterocycles. The minimum absolute atomic E-state index is 0.0661. The van der Waals surface area contributed by atoms with Gasteiger partial charge < -0.3 is 10.4 Å². The van der Waals surface area contributed by atoms with Crippen molar-refractivity contribution in [1.82, 2.24) is 10.2 Å². The summed E-state index contributed by atoms with van der Waals surface area (Å²) in [6.45, 7) is 6.26. The van der Waals surface area contributed by atoms with E-state index >= 15 is 0 Å². The smallest absolute Gasteiger partial charge is 0.303 e. The van der Waals surface area contributed by atoms with Crippen molar-refractivity contribution >= 4 is 11.9 Å². The predicted octanol–water partition coefficient (Wildman–Crippen LogP) is 1.09. The standard InChI is InChI=1S/C13H24N2O3/c1-3-14-13(18)10(2)15-8-4-5-11(9-15)6-7-12(16)17/h10-11H,3-9H2,1-2H3,(H,14,18)(H,16,17). The Kier molecular flexibility index (Phi) is 6.12. The molecule has 0 aliphatic carbocycles. The molecular weight excluding hydrogens is 232 g/mol. The highest BCUT2D eigenvalue weighted by Crippen LogP contribution is 2.22. The fourth-order valence-corrected chi connectivity index (χ4v) is 2.50. The first kappa shape index (κ1) is 15.0. The van der Waals surface area contributed by atoms with E-state index in [0.29, 0.717) is 18.9 Å². The zero-order valence-electron chi connectivity index (χ0n) is 11.3. The van der Waals surface area contributed by atoms with Crippen LogP contribution in [0, 0.1) is 5.92 Å². The fourth-order valence-electron chi connectivity index (χ4n) is 2.50. The van der Waals surface area contributed by atoms with Gasteiger partial charge in [-0.1, -0.05) is 0 Å². The maximum Gasteiger partial charge on any atom is 0.303 e. The average Bonchev–Trinajstić information content (AvgIpc) is 2.36. The van der Waals surface area contributed by atoms with Crippen LogP contribution in [0.3, 0.4) is 0 Å². The Labute approximate surface area is 109 Å². The number of carboxylic acid groups (broad SMARTS) is 1. The molecule has 1 amide bonds. The van der Waals surface area contributed by atoms with Crippen LogP contribution in [0.15, 0.2) is 0 Å². The average molecular weight is 256 g/mol. The molecule has 1 fully saturated rings. The summed E-state index contributed by atoms with van der Waals surface area (Å²) >= 11 is 0. The molecular formula is C13H24N2O3. The van der Waals surface area contributed by atoms with Crippen molar-refractivity contribution in [3.05, 3.63) is 0 Å². The number of piperidine rings is 1. The van der Waals surface area contributed by atoms with E-state index in [1.54, 1.807) is 0 Å². The number of rotatable bonds is 6. The second-order valence-electron chi connectivity index (χ2n) is 5.01. The molecule has 1 aliphatic heterocycles. The van der Waals surface area contributed by atoms with Crippen molar-refractivity contribution in [3.63, 3.8) is 0 Å². The van der Waals surface area contributed by atoms with Gasteiger partial charge in [0.15, 0.2) is 0 Å². The third-order valence-corrected chi connectivity index (χ3v) is 3.60. The maximum atomic E-state index is 11.8. The second kappa shape index (κ2) is 7.36. The van der Waals surface area contributed by atoms with E-state index in [1.165, 1.54) is 0 Å². The Balaban J connectivity index is 2.42. The topological polar surface area (TPSA) is 69.6 Å². The summed E-state index contributed by atoms with van der Waals surface area (Å²) in [5.41, 5.74) is 0. The van der Waals surface area contributed by atoms with Crippen LogP contribution < -0.4 is 5.32 Å². The number of carboxylic acids is 1. The van der Waals surface area contributed by atoms with Crippen LogP contribution >= 0.6 is 0 Å². The van der Waals surface area contributed by atoms with E-state index in [9.17, 15) is 9.59 Å². The van der Waals surface area contributed by atoms with E-state index < -0.39 is 5.97 Å². The first-order valence-corrected chi connectivity index (χ1v) is 6.78. The molecule has 5 nitrogen and oxygen atoms in total. The highest BCUT2D eigenvalue weighted by molar-refractivity contribution is 5.81. The summed E-state index contributed by atoms with van der Waals surface area (Å²) in [5.74, 6) is -0.257. The van der Waals surface area contributed by atoms with Crippen LogP contribution in [-0.4, -0.2) is 47.6 Å². The van der Waals surface area contributed by atoms with Crippen LogP contribution in [0.2, 0.25) is 0 Å². The zero-order chi connectivity index (χ0) is 13.5. The summed E-state index contributed by atoms with van der Waals surface area (Å²) in [5, 5.41) is 11.5. The van der Waals surface area contributed by atoms with Crippen LogP contribution in [0.5, 0.6) is 0 Å². The Morgan fingerprint density at radius 2 is 2.22 bits per heavy atom. The molecule has 1 rings (SSSR count). The third-order valence-electron chi connectivity index (χ3n) is 3.60. The van der Waals surface area contributed by atoms with E-state index in [2.05, 4.69) is 10.2 Å². The molecule has 0 aromatic carbocycles. The normalized spacial score (nSPS) is 22.4. The van der Waals surface area contributed by atoms with Gasteiger partial charge in [-0.25, -0.2) is 0 Å². The lowest BCUT2D eigenvalue weighted by molar-refractivity contribution is -0.137. The molecule has 0 aromatic rings. The summed E-state index contributed by atoms with van der Waals surface area (Å²) < 4.78 is 0. The van der Waals surface area contributed by atoms with E-state index in [4.69, 9.17) is 5.11 Å². The number of likely N-dealkylation sites (tertiary alicyclic amines) is 1. The van der Waals surface area contributed by atoms with Crippen molar-refractivity contribution < 1.29 is 14.7 Å².